The summed E-state index contributed by atoms with van der Waals surface area (Å²) in [7, 11) is 0. The first-order valence-corrected chi connectivity index (χ1v) is 12.8. The van der Waals surface area contributed by atoms with Crippen molar-refractivity contribution < 1.29 is 24.1 Å². The Morgan fingerprint density at radius 1 is 1.11 bits per heavy atom. The summed E-state index contributed by atoms with van der Waals surface area (Å²) in [4.78, 5) is 40.7. The number of amides is 1. The van der Waals surface area contributed by atoms with Gasteiger partial charge in [0.25, 0.3) is 0 Å². The molecule has 3 atom stereocenters. The molecule has 2 aliphatic heterocycles. The number of aromatic nitrogens is 1. The lowest BCUT2D eigenvalue weighted by atomic mass is 9.83. The average Bonchev–Trinajstić information content (AvgIpc) is 3.25. The predicted molar refractivity (Wildman–Crippen MR) is 139 cm³/mol. The van der Waals surface area contributed by atoms with Crippen LogP contribution in [0, 0.1) is 31.9 Å². The van der Waals surface area contributed by atoms with E-state index >= 15 is 0 Å². The monoisotopic (exact) mass is 519 g/mol. The van der Waals surface area contributed by atoms with Gasteiger partial charge in [-0.05, 0) is 62.8 Å². The third kappa shape index (κ3) is 3.79. The van der Waals surface area contributed by atoms with E-state index in [1.54, 1.807) is 16.9 Å². The third-order valence-electron chi connectivity index (χ3n) is 8.31. The van der Waals surface area contributed by atoms with Gasteiger partial charge in [0, 0.05) is 65.6 Å². The van der Waals surface area contributed by atoms with E-state index in [-0.39, 0.29) is 36.3 Å². The van der Waals surface area contributed by atoms with Crippen LogP contribution in [0.2, 0.25) is 0 Å². The van der Waals surface area contributed by atoms with Gasteiger partial charge in [-0.3, -0.25) is 9.59 Å². The van der Waals surface area contributed by atoms with Crippen molar-refractivity contribution in [2.24, 2.45) is 5.92 Å². The number of furan rings is 1. The Morgan fingerprint density at radius 2 is 1.89 bits per heavy atom. The molecule has 1 saturated heterocycles. The quantitative estimate of drug-likeness (QED) is 0.313. The molecule has 10 nitrogen and oxygen atoms in total. The Hall–Kier alpha value is -3.73. The molecule has 2 N–H and O–H groups in total. The maximum absolute atomic E-state index is 13.3. The van der Waals surface area contributed by atoms with E-state index in [4.69, 9.17) is 8.83 Å². The minimum Gasteiger partial charge on any atom is -0.595 e. The molecule has 0 saturated carbocycles. The molecule has 0 aliphatic carbocycles. The van der Waals surface area contributed by atoms with Crippen LogP contribution in [-0.2, 0) is 17.8 Å². The Bertz CT molecular complexity index is 1730. The van der Waals surface area contributed by atoms with Gasteiger partial charge in [0.2, 0.25) is 11.6 Å². The number of benzene rings is 1. The SMILES string of the molecule is Cc1coc2c(C)c3oc(=O)c(CCC(=O)N4CC5CC(C4)c4ccc([NH+]([O-])O)c(=O)n4C5)c(C)c3cc12. The van der Waals surface area contributed by atoms with Gasteiger partial charge in [0.05, 0.1) is 6.26 Å². The van der Waals surface area contributed by atoms with Crippen LogP contribution >= 0.6 is 0 Å². The molecule has 10 heteroatoms. The van der Waals surface area contributed by atoms with E-state index in [1.807, 2.05) is 31.7 Å². The molecule has 2 bridgehead atoms. The zero-order valence-corrected chi connectivity index (χ0v) is 21.5. The number of pyridine rings is 1. The number of carbonyl (C=O) groups excluding carboxylic acids is 1. The first-order chi connectivity index (χ1) is 18.1. The molecule has 2 aliphatic rings. The number of fused-ring (bicyclic) bond motifs is 6. The van der Waals surface area contributed by atoms with Crippen molar-refractivity contribution in [3.63, 3.8) is 0 Å². The highest BCUT2D eigenvalue weighted by Crippen LogP contribution is 2.36. The standard InChI is InChI=1S/C28H29N3O7/c1-14-13-37-25-16(3)26-21(9-20(14)25)15(2)19(28(34)38-26)4-7-24(32)29-10-17-8-18(12-29)22-5-6-23(31(35)36)27(33)30(22)11-17/h5-6,9,13,17-18,31,35H,4,7-8,10-12H2,1-3H3. The van der Waals surface area contributed by atoms with Crippen molar-refractivity contribution in [1.29, 1.82) is 0 Å². The summed E-state index contributed by atoms with van der Waals surface area (Å²) in [6.45, 7) is 7.10. The van der Waals surface area contributed by atoms with Crippen LogP contribution < -0.4 is 16.4 Å². The van der Waals surface area contributed by atoms with Crippen molar-refractivity contribution in [3.8, 4) is 0 Å². The summed E-state index contributed by atoms with van der Waals surface area (Å²) < 4.78 is 12.9. The van der Waals surface area contributed by atoms with Crippen molar-refractivity contribution in [2.45, 2.75) is 52.5 Å². The number of rotatable bonds is 4. The van der Waals surface area contributed by atoms with Crippen molar-refractivity contribution in [1.82, 2.24) is 9.47 Å². The van der Waals surface area contributed by atoms with Crippen molar-refractivity contribution in [2.75, 3.05) is 13.1 Å². The van der Waals surface area contributed by atoms with Gasteiger partial charge in [-0.1, -0.05) is 0 Å². The van der Waals surface area contributed by atoms with Crippen LogP contribution in [0.3, 0.4) is 0 Å². The number of nitrogens with one attached hydrogen (secondary N) is 1. The zero-order chi connectivity index (χ0) is 26.9. The fraction of sp³-hybridized carbons (Fsp3) is 0.393. The first kappa shape index (κ1) is 24.6. The lowest BCUT2D eigenvalue weighted by Gasteiger charge is -2.43. The van der Waals surface area contributed by atoms with E-state index in [9.17, 15) is 24.8 Å². The van der Waals surface area contributed by atoms with Crippen molar-refractivity contribution in [3.05, 3.63) is 78.4 Å². The van der Waals surface area contributed by atoms with Gasteiger partial charge in [-0.2, -0.15) is 5.23 Å². The molecular formula is C28H29N3O7. The van der Waals surface area contributed by atoms with Gasteiger partial charge in [-0.25, -0.2) is 10.0 Å². The molecule has 38 heavy (non-hydrogen) atoms. The van der Waals surface area contributed by atoms with E-state index in [1.165, 1.54) is 6.07 Å². The maximum atomic E-state index is 13.3. The van der Waals surface area contributed by atoms with Gasteiger partial charge in [0.15, 0.2) is 0 Å². The van der Waals surface area contributed by atoms with Crippen LogP contribution in [0.15, 0.2) is 42.9 Å². The Kier molecular flexibility index (Phi) is 5.78. The molecule has 0 spiro atoms. The maximum Gasteiger partial charge on any atom is 0.339 e. The number of likely N-dealkylation sites (tertiary alicyclic amines) is 1. The fourth-order valence-corrected chi connectivity index (χ4v) is 6.31. The molecule has 1 amide bonds. The van der Waals surface area contributed by atoms with Crippen LogP contribution in [0.25, 0.3) is 21.9 Å². The molecule has 3 unspecified atom stereocenters. The topological polar surface area (TPSA) is 133 Å². The second kappa shape index (κ2) is 8.93. The molecule has 198 valence electrons. The number of quaternary nitrogens is 1. The number of aryl methyl sites for hydroxylation is 3. The number of piperidine rings is 1. The predicted octanol–water partition coefficient (Wildman–Crippen LogP) is 2.61. The average molecular weight is 520 g/mol. The molecule has 1 aromatic carbocycles. The van der Waals surface area contributed by atoms with Crippen molar-refractivity contribution >= 4 is 33.5 Å². The molecular weight excluding hydrogens is 490 g/mol. The van der Waals surface area contributed by atoms with Crippen LogP contribution in [0.1, 0.15) is 46.7 Å². The lowest BCUT2D eigenvalue weighted by molar-refractivity contribution is -0.992. The molecule has 0 radical (unpaired) electrons. The van der Waals surface area contributed by atoms with E-state index in [2.05, 4.69) is 0 Å². The second-order valence-corrected chi connectivity index (χ2v) is 10.7. The Balaban J connectivity index is 1.24. The summed E-state index contributed by atoms with van der Waals surface area (Å²) in [6, 6.07) is 5.05. The number of hydrogen-bond acceptors (Lipinski definition) is 7. The largest absolute Gasteiger partial charge is 0.595 e. The smallest absolute Gasteiger partial charge is 0.339 e. The normalized spacial score (nSPS) is 19.7. The van der Waals surface area contributed by atoms with E-state index in [0.29, 0.717) is 36.4 Å². The zero-order valence-electron chi connectivity index (χ0n) is 21.5. The minimum atomic E-state index is -1.23. The highest BCUT2D eigenvalue weighted by atomic mass is 16.8. The Labute approximate surface area is 217 Å². The van der Waals surface area contributed by atoms with Crippen LogP contribution in [0.5, 0.6) is 0 Å². The minimum absolute atomic E-state index is 0.0296. The Morgan fingerprint density at radius 3 is 2.66 bits per heavy atom. The lowest BCUT2D eigenvalue weighted by Crippen LogP contribution is -3.00. The summed E-state index contributed by atoms with van der Waals surface area (Å²) in [5, 5.41) is 21.3. The molecule has 1 fully saturated rings. The molecule has 4 aromatic rings. The van der Waals surface area contributed by atoms with Gasteiger partial charge < -0.3 is 23.5 Å². The van der Waals surface area contributed by atoms with Crippen LogP contribution in [0.4, 0.5) is 5.69 Å². The van der Waals surface area contributed by atoms with Gasteiger partial charge >= 0.3 is 11.2 Å². The van der Waals surface area contributed by atoms with Gasteiger partial charge in [-0.15, -0.1) is 0 Å². The first-order valence-electron chi connectivity index (χ1n) is 12.8. The highest BCUT2D eigenvalue weighted by molar-refractivity contribution is 5.99. The fourth-order valence-electron chi connectivity index (χ4n) is 6.31. The number of hydrogen-bond donors (Lipinski definition) is 2. The molecule has 3 aromatic heterocycles. The molecule has 5 heterocycles. The summed E-state index contributed by atoms with van der Waals surface area (Å²) in [5.41, 5.74) is 3.93. The molecule has 6 rings (SSSR count). The van der Waals surface area contributed by atoms with E-state index in [0.717, 1.165) is 39.6 Å². The second-order valence-electron chi connectivity index (χ2n) is 10.7. The van der Waals surface area contributed by atoms with E-state index < -0.39 is 16.4 Å². The summed E-state index contributed by atoms with van der Waals surface area (Å²) in [6.07, 6.45) is 2.99. The number of carbonyl (C=O) groups is 1. The number of nitrogens with zero attached hydrogens (tertiary/aromatic N) is 2. The summed E-state index contributed by atoms with van der Waals surface area (Å²) in [5.74, 6) is -0.00471. The van der Waals surface area contributed by atoms with Gasteiger partial charge in [0.1, 0.15) is 11.2 Å². The summed E-state index contributed by atoms with van der Waals surface area (Å²) >= 11 is 0. The van der Waals surface area contributed by atoms with Crippen LogP contribution in [-0.4, -0.2) is 33.7 Å². The third-order valence-corrected chi connectivity index (χ3v) is 8.31. The highest BCUT2D eigenvalue weighted by Gasteiger charge is 2.37.